The van der Waals surface area contributed by atoms with Crippen LogP contribution >= 0.6 is 0 Å². The van der Waals surface area contributed by atoms with Gasteiger partial charge in [0.2, 0.25) is 5.91 Å². The third kappa shape index (κ3) is 2.05. The van der Waals surface area contributed by atoms with Gasteiger partial charge in [0.25, 0.3) is 5.56 Å². The van der Waals surface area contributed by atoms with Crippen molar-refractivity contribution >= 4 is 22.5 Å². The Kier molecular flexibility index (Phi) is 3.44. The van der Waals surface area contributed by atoms with Gasteiger partial charge in [0.05, 0.1) is 28.7 Å². The van der Waals surface area contributed by atoms with Crippen molar-refractivity contribution in [2.75, 3.05) is 4.90 Å². The minimum absolute atomic E-state index is 0.0405. The van der Waals surface area contributed by atoms with Crippen molar-refractivity contribution < 1.29 is 15.0 Å². The number of fused-ring (bicyclic) bond motifs is 4. The zero-order valence-electron chi connectivity index (χ0n) is 18.1. The summed E-state index contributed by atoms with van der Waals surface area (Å²) in [6.45, 7) is 3.61. The average Bonchev–Trinajstić information content (AvgIpc) is 3.21. The first-order valence-electron chi connectivity index (χ1n) is 11.2. The highest BCUT2D eigenvalue weighted by Crippen LogP contribution is 2.57. The van der Waals surface area contributed by atoms with Gasteiger partial charge in [0.15, 0.2) is 0 Å². The summed E-state index contributed by atoms with van der Waals surface area (Å²) in [5.41, 5.74) is -1.09. The van der Waals surface area contributed by atoms with Crippen molar-refractivity contribution in [1.29, 1.82) is 0 Å². The van der Waals surface area contributed by atoms with Crippen LogP contribution in [0.3, 0.4) is 0 Å². The molecule has 0 unspecified atom stereocenters. The minimum atomic E-state index is -1.48. The van der Waals surface area contributed by atoms with E-state index in [0.717, 1.165) is 0 Å². The maximum absolute atomic E-state index is 13.7. The molecule has 5 aliphatic heterocycles. The van der Waals surface area contributed by atoms with Crippen molar-refractivity contribution in [3.8, 4) is 0 Å². The molecular formula is C24H23N5O4. The van der Waals surface area contributed by atoms with E-state index in [1.54, 1.807) is 30.0 Å². The molecule has 6 heterocycles. The van der Waals surface area contributed by atoms with Crippen LogP contribution in [0.2, 0.25) is 0 Å². The van der Waals surface area contributed by atoms with E-state index in [-0.39, 0.29) is 17.9 Å². The molecule has 3 aromatic rings. The molecular weight excluding hydrogens is 422 g/mol. The molecule has 0 spiro atoms. The lowest BCUT2D eigenvalue weighted by Crippen LogP contribution is -2.72. The van der Waals surface area contributed by atoms with E-state index in [4.69, 9.17) is 4.98 Å². The van der Waals surface area contributed by atoms with Gasteiger partial charge in [-0.25, -0.2) is 9.88 Å². The second-order valence-electron chi connectivity index (χ2n) is 9.67. The van der Waals surface area contributed by atoms with Crippen molar-refractivity contribution in [3.63, 3.8) is 0 Å². The summed E-state index contributed by atoms with van der Waals surface area (Å²) in [6, 6.07) is 13.1. The number of para-hydroxylation sites is 2. The molecule has 9 nitrogen and oxygen atoms in total. The summed E-state index contributed by atoms with van der Waals surface area (Å²) in [5.74, 6) is 0.293. The lowest BCUT2D eigenvalue weighted by molar-refractivity contribution is -0.162. The zero-order chi connectivity index (χ0) is 22.9. The predicted octanol–water partition coefficient (Wildman–Crippen LogP) is 0.700. The van der Waals surface area contributed by atoms with E-state index >= 15 is 0 Å². The van der Waals surface area contributed by atoms with E-state index in [1.165, 1.54) is 4.57 Å². The summed E-state index contributed by atoms with van der Waals surface area (Å²) in [7, 11) is 0. The first kappa shape index (κ1) is 19.4. The number of benzene rings is 2. The number of nitrogens with one attached hydrogen (secondary N) is 1. The molecule has 5 aliphatic rings. The number of carbonyl (C=O) groups is 1. The molecule has 2 bridgehead atoms. The summed E-state index contributed by atoms with van der Waals surface area (Å²) in [4.78, 5) is 35.7. The van der Waals surface area contributed by atoms with Gasteiger partial charge in [0, 0.05) is 12.0 Å². The van der Waals surface area contributed by atoms with Gasteiger partial charge < -0.3 is 10.2 Å². The van der Waals surface area contributed by atoms with Crippen LogP contribution in [-0.2, 0) is 16.1 Å². The predicted molar refractivity (Wildman–Crippen MR) is 119 cm³/mol. The fourth-order valence-electron chi connectivity index (χ4n) is 6.61. The standard InChI is InChI=1S/C24H23N5O4/c1-12-19(31)28-16-10-6-4-8-14(16)24(33)11-17-18(30)26-23(2,29(12)22(24)28)21-25-15-9-5-3-7-13(15)20(32)27(17)21/h3-10,12,17-18,22,26,30,33H,11H2,1-2H3/t12-,17+,18-,22+,23-,24-/m0/s1. The molecule has 8 rings (SSSR count). The van der Waals surface area contributed by atoms with Gasteiger partial charge >= 0.3 is 0 Å². The van der Waals surface area contributed by atoms with Gasteiger partial charge in [0.1, 0.15) is 29.5 Å². The lowest BCUT2D eigenvalue weighted by Gasteiger charge is -2.55. The zero-order valence-corrected chi connectivity index (χ0v) is 18.1. The Morgan fingerprint density at radius 3 is 2.67 bits per heavy atom. The molecule has 2 saturated heterocycles. The largest absolute Gasteiger partial charge is 0.381 e. The number of nitrogens with zero attached hydrogens (tertiary/aromatic N) is 4. The number of amides is 1. The van der Waals surface area contributed by atoms with Crippen LogP contribution in [0.4, 0.5) is 5.69 Å². The summed E-state index contributed by atoms with van der Waals surface area (Å²) < 4.78 is 1.53. The van der Waals surface area contributed by atoms with E-state index in [1.807, 2.05) is 42.2 Å². The van der Waals surface area contributed by atoms with Crippen LogP contribution in [0.25, 0.3) is 10.9 Å². The van der Waals surface area contributed by atoms with Gasteiger partial charge in [-0.2, -0.15) is 0 Å². The van der Waals surface area contributed by atoms with E-state index in [9.17, 15) is 19.8 Å². The minimum Gasteiger partial charge on any atom is -0.381 e. The Morgan fingerprint density at radius 1 is 1.12 bits per heavy atom. The van der Waals surface area contributed by atoms with E-state index in [2.05, 4.69) is 5.32 Å². The highest BCUT2D eigenvalue weighted by Gasteiger charge is 2.68. The Balaban J connectivity index is 1.60. The maximum atomic E-state index is 13.7. The molecule has 2 aromatic carbocycles. The van der Waals surface area contributed by atoms with Gasteiger partial charge in [-0.15, -0.1) is 0 Å². The van der Waals surface area contributed by atoms with Crippen molar-refractivity contribution in [2.24, 2.45) is 0 Å². The van der Waals surface area contributed by atoms with Crippen LogP contribution in [0.5, 0.6) is 0 Å². The number of rotatable bonds is 0. The quantitative estimate of drug-likeness (QED) is 0.467. The third-order valence-corrected chi connectivity index (χ3v) is 7.98. The molecule has 0 radical (unpaired) electrons. The molecule has 168 valence electrons. The number of anilines is 1. The number of hydrogen-bond acceptors (Lipinski definition) is 7. The Hall–Kier alpha value is -3.11. The Morgan fingerprint density at radius 2 is 1.85 bits per heavy atom. The van der Waals surface area contributed by atoms with Gasteiger partial charge in [-0.1, -0.05) is 30.3 Å². The molecule has 1 aromatic heterocycles. The molecule has 33 heavy (non-hydrogen) atoms. The summed E-state index contributed by atoms with van der Waals surface area (Å²) in [5, 5.41) is 27.2. The first-order chi connectivity index (χ1) is 15.8. The fraction of sp³-hybridized carbons (Fsp3) is 0.375. The lowest BCUT2D eigenvalue weighted by atomic mass is 9.81. The van der Waals surface area contributed by atoms with Crippen LogP contribution in [-0.4, -0.2) is 49.0 Å². The molecule has 6 atom stereocenters. The normalized spacial score (nSPS) is 36.5. The number of aromatic nitrogens is 2. The highest BCUT2D eigenvalue weighted by molar-refractivity contribution is 6.02. The van der Waals surface area contributed by atoms with Crippen LogP contribution in [0.15, 0.2) is 53.3 Å². The third-order valence-electron chi connectivity index (χ3n) is 7.98. The number of aliphatic hydroxyl groups excluding tert-OH is 1. The van der Waals surface area contributed by atoms with Crippen molar-refractivity contribution in [3.05, 3.63) is 70.3 Å². The second-order valence-corrected chi connectivity index (χ2v) is 9.67. The summed E-state index contributed by atoms with van der Waals surface area (Å²) >= 11 is 0. The summed E-state index contributed by atoms with van der Waals surface area (Å²) in [6.07, 6.45) is -1.78. The smallest absolute Gasteiger partial charge is 0.261 e. The maximum Gasteiger partial charge on any atom is 0.261 e. The van der Waals surface area contributed by atoms with Crippen LogP contribution in [0, 0.1) is 0 Å². The first-order valence-corrected chi connectivity index (χ1v) is 11.2. The topological polar surface area (TPSA) is 111 Å². The monoisotopic (exact) mass is 445 g/mol. The van der Waals surface area contributed by atoms with Gasteiger partial charge in [-0.05, 0) is 32.0 Å². The molecule has 1 amide bonds. The van der Waals surface area contributed by atoms with Crippen LogP contribution < -0.4 is 15.8 Å². The Labute approximate surface area is 188 Å². The number of hydrogen-bond donors (Lipinski definition) is 3. The van der Waals surface area contributed by atoms with Gasteiger partial charge in [-0.3, -0.25) is 24.4 Å². The SMILES string of the molecule is C[C@H]1C(=O)N2c3ccccc3[C@@]3(O)C[C@@H]4[C@H](O)N[C@](C)(c5nc6ccccc6c(=O)n54)N1[C@@H]23. The fourth-order valence-corrected chi connectivity index (χ4v) is 6.61. The molecule has 3 N–H and O–H groups in total. The van der Waals surface area contributed by atoms with Crippen molar-refractivity contribution in [1.82, 2.24) is 19.8 Å². The number of carbonyl (C=O) groups excluding carboxylic acids is 1. The molecule has 0 saturated carbocycles. The molecule has 0 aliphatic carbocycles. The van der Waals surface area contributed by atoms with E-state index in [0.29, 0.717) is 28.0 Å². The van der Waals surface area contributed by atoms with Crippen molar-refractivity contribution in [2.45, 2.75) is 56.0 Å². The average molecular weight is 445 g/mol. The number of aliphatic hydroxyl groups is 2. The van der Waals surface area contributed by atoms with E-state index < -0.39 is 35.7 Å². The molecule has 9 heteroatoms. The highest BCUT2D eigenvalue weighted by atomic mass is 16.3. The molecule has 2 fully saturated rings. The van der Waals surface area contributed by atoms with Crippen LogP contribution in [0.1, 0.15) is 37.7 Å². The Bertz CT molecular complexity index is 1440. The second kappa shape index (κ2) is 5.87.